The first-order chi connectivity index (χ1) is 9.20. The van der Waals surface area contributed by atoms with E-state index >= 15 is 0 Å². The summed E-state index contributed by atoms with van der Waals surface area (Å²) in [5, 5.41) is 8.31. The van der Waals surface area contributed by atoms with E-state index in [2.05, 4.69) is 38.3 Å². The minimum Gasteiger partial charge on any atom is -0.310 e. The van der Waals surface area contributed by atoms with Crippen molar-refractivity contribution in [2.75, 3.05) is 6.54 Å². The number of aromatic nitrogens is 3. The molecule has 0 spiro atoms. The summed E-state index contributed by atoms with van der Waals surface area (Å²) in [5.41, 5.74) is 1.03. The number of hydrogen-bond donors (Lipinski definition) is 1. The van der Waals surface area contributed by atoms with Crippen LogP contribution in [0.15, 0.2) is 29.0 Å². The maximum absolute atomic E-state index is 6.22. The second-order valence-electron chi connectivity index (χ2n) is 4.25. The standard InChI is InChI=1S/C13H16BrClN4/c1-2-5-16-7-13-17-9-18-19(13)8-10-3-4-11(14)6-12(10)15/h3-4,6,9,16H,2,5,7-8H2,1H3. The minimum atomic E-state index is 0.634. The summed E-state index contributed by atoms with van der Waals surface area (Å²) in [6, 6.07) is 5.87. The van der Waals surface area contributed by atoms with Gasteiger partial charge < -0.3 is 5.32 Å². The molecule has 0 aliphatic rings. The van der Waals surface area contributed by atoms with Gasteiger partial charge in [-0.05, 0) is 30.7 Å². The van der Waals surface area contributed by atoms with Gasteiger partial charge in [0.05, 0.1) is 13.1 Å². The normalized spacial score (nSPS) is 10.9. The zero-order valence-electron chi connectivity index (χ0n) is 10.7. The Morgan fingerprint density at radius 1 is 1.42 bits per heavy atom. The second kappa shape index (κ2) is 7.03. The van der Waals surface area contributed by atoms with E-state index < -0.39 is 0 Å². The maximum atomic E-state index is 6.22. The zero-order chi connectivity index (χ0) is 13.7. The Labute approximate surface area is 126 Å². The van der Waals surface area contributed by atoms with E-state index in [1.807, 2.05) is 22.9 Å². The van der Waals surface area contributed by atoms with Gasteiger partial charge in [-0.2, -0.15) is 5.10 Å². The number of nitrogens with one attached hydrogen (secondary N) is 1. The first-order valence-corrected chi connectivity index (χ1v) is 7.39. The Morgan fingerprint density at radius 2 is 2.26 bits per heavy atom. The zero-order valence-corrected chi connectivity index (χ0v) is 13.1. The molecule has 1 heterocycles. The van der Waals surface area contributed by atoms with Crippen molar-refractivity contribution >= 4 is 27.5 Å². The van der Waals surface area contributed by atoms with E-state index in [9.17, 15) is 0 Å². The lowest BCUT2D eigenvalue weighted by Crippen LogP contribution is -2.18. The van der Waals surface area contributed by atoms with Crippen LogP contribution in [0.2, 0.25) is 5.02 Å². The molecule has 0 radical (unpaired) electrons. The summed E-state index contributed by atoms with van der Waals surface area (Å²) in [4.78, 5) is 4.27. The van der Waals surface area contributed by atoms with Gasteiger partial charge in [0.2, 0.25) is 0 Å². The lowest BCUT2D eigenvalue weighted by molar-refractivity contribution is 0.583. The molecule has 0 fully saturated rings. The third kappa shape index (κ3) is 4.03. The molecular formula is C13H16BrClN4. The van der Waals surface area contributed by atoms with E-state index in [-0.39, 0.29) is 0 Å². The Balaban J connectivity index is 2.08. The molecule has 2 rings (SSSR count). The van der Waals surface area contributed by atoms with Crippen LogP contribution in [0.1, 0.15) is 24.7 Å². The highest BCUT2D eigenvalue weighted by molar-refractivity contribution is 9.10. The van der Waals surface area contributed by atoms with E-state index in [0.717, 1.165) is 40.4 Å². The lowest BCUT2D eigenvalue weighted by atomic mass is 10.2. The molecule has 0 atom stereocenters. The number of benzene rings is 1. The smallest absolute Gasteiger partial charge is 0.141 e. The Kier molecular flexibility index (Phi) is 5.36. The highest BCUT2D eigenvalue weighted by Crippen LogP contribution is 2.22. The van der Waals surface area contributed by atoms with Gasteiger partial charge in [-0.25, -0.2) is 9.67 Å². The fourth-order valence-corrected chi connectivity index (χ4v) is 2.48. The Bertz CT molecular complexity index is 541. The number of rotatable bonds is 6. The van der Waals surface area contributed by atoms with Crippen LogP contribution in [-0.4, -0.2) is 21.3 Å². The van der Waals surface area contributed by atoms with Crippen LogP contribution in [0.3, 0.4) is 0 Å². The summed E-state index contributed by atoms with van der Waals surface area (Å²) in [7, 11) is 0. The monoisotopic (exact) mass is 342 g/mol. The molecule has 0 aliphatic heterocycles. The SMILES string of the molecule is CCCNCc1ncnn1Cc1ccc(Br)cc1Cl. The molecule has 1 aromatic heterocycles. The predicted octanol–water partition coefficient (Wildman–Crippen LogP) is 3.24. The Hall–Kier alpha value is -0.910. The minimum absolute atomic E-state index is 0.634. The summed E-state index contributed by atoms with van der Waals surface area (Å²) in [6.45, 7) is 4.47. The van der Waals surface area contributed by atoms with Crippen molar-refractivity contribution in [3.63, 3.8) is 0 Å². The van der Waals surface area contributed by atoms with E-state index in [1.165, 1.54) is 0 Å². The third-order valence-electron chi connectivity index (χ3n) is 2.74. The van der Waals surface area contributed by atoms with Gasteiger partial charge in [0, 0.05) is 9.50 Å². The lowest BCUT2D eigenvalue weighted by Gasteiger charge is -2.08. The highest BCUT2D eigenvalue weighted by Gasteiger charge is 2.07. The molecule has 0 saturated heterocycles. The van der Waals surface area contributed by atoms with Crippen LogP contribution in [0, 0.1) is 0 Å². The van der Waals surface area contributed by atoms with Gasteiger partial charge in [0.25, 0.3) is 0 Å². The number of hydrogen-bond acceptors (Lipinski definition) is 3. The maximum Gasteiger partial charge on any atom is 0.141 e. The molecule has 0 bridgehead atoms. The van der Waals surface area contributed by atoms with Crippen LogP contribution in [0.4, 0.5) is 0 Å². The van der Waals surface area contributed by atoms with Crippen molar-refractivity contribution in [3.05, 3.63) is 45.4 Å². The van der Waals surface area contributed by atoms with Crippen molar-refractivity contribution in [2.45, 2.75) is 26.4 Å². The van der Waals surface area contributed by atoms with E-state index in [1.54, 1.807) is 6.33 Å². The van der Waals surface area contributed by atoms with Crippen LogP contribution in [0.25, 0.3) is 0 Å². The molecule has 6 heteroatoms. The van der Waals surface area contributed by atoms with Gasteiger partial charge in [-0.1, -0.05) is 40.5 Å². The molecule has 0 unspecified atom stereocenters. The molecule has 1 aromatic carbocycles. The van der Waals surface area contributed by atoms with E-state index in [4.69, 9.17) is 11.6 Å². The largest absolute Gasteiger partial charge is 0.310 e. The number of halogens is 2. The van der Waals surface area contributed by atoms with Crippen molar-refractivity contribution in [1.82, 2.24) is 20.1 Å². The van der Waals surface area contributed by atoms with E-state index in [0.29, 0.717) is 6.54 Å². The summed E-state index contributed by atoms with van der Waals surface area (Å²) in [6.07, 6.45) is 2.68. The fourth-order valence-electron chi connectivity index (χ4n) is 1.75. The van der Waals surface area contributed by atoms with Crippen molar-refractivity contribution in [3.8, 4) is 0 Å². The molecule has 0 aliphatic carbocycles. The van der Waals surface area contributed by atoms with Gasteiger partial charge >= 0.3 is 0 Å². The van der Waals surface area contributed by atoms with Crippen LogP contribution in [0.5, 0.6) is 0 Å². The van der Waals surface area contributed by atoms with Crippen molar-refractivity contribution < 1.29 is 0 Å². The molecule has 19 heavy (non-hydrogen) atoms. The molecular weight excluding hydrogens is 328 g/mol. The molecule has 0 saturated carbocycles. The van der Waals surface area contributed by atoms with Crippen LogP contribution >= 0.6 is 27.5 Å². The predicted molar refractivity (Wildman–Crippen MR) is 80.3 cm³/mol. The first-order valence-electron chi connectivity index (χ1n) is 6.22. The third-order valence-corrected chi connectivity index (χ3v) is 3.59. The molecule has 1 N–H and O–H groups in total. The second-order valence-corrected chi connectivity index (χ2v) is 5.57. The fraction of sp³-hybridized carbons (Fsp3) is 0.385. The molecule has 4 nitrogen and oxygen atoms in total. The molecule has 2 aromatic rings. The van der Waals surface area contributed by atoms with Gasteiger partial charge in [0.1, 0.15) is 12.2 Å². The average molecular weight is 344 g/mol. The summed E-state index contributed by atoms with van der Waals surface area (Å²) < 4.78 is 2.85. The van der Waals surface area contributed by atoms with Crippen LogP contribution in [-0.2, 0) is 13.1 Å². The van der Waals surface area contributed by atoms with Crippen LogP contribution < -0.4 is 5.32 Å². The Morgan fingerprint density at radius 3 is 3.00 bits per heavy atom. The summed E-state index contributed by atoms with van der Waals surface area (Å²) in [5.74, 6) is 0.924. The van der Waals surface area contributed by atoms with Gasteiger partial charge in [-0.3, -0.25) is 0 Å². The first kappa shape index (κ1) is 14.5. The molecule has 102 valence electrons. The van der Waals surface area contributed by atoms with Gasteiger partial charge in [-0.15, -0.1) is 0 Å². The molecule has 0 amide bonds. The van der Waals surface area contributed by atoms with Gasteiger partial charge in [0.15, 0.2) is 0 Å². The van der Waals surface area contributed by atoms with Crippen molar-refractivity contribution in [1.29, 1.82) is 0 Å². The van der Waals surface area contributed by atoms with Crippen molar-refractivity contribution in [2.24, 2.45) is 0 Å². The average Bonchev–Trinajstić information content (AvgIpc) is 2.81. The summed E-state index contributed by atoms with van der Waals surface area (Å²) >= 11 is 9.62. The topological polar surface area (TPSA) is 42.7 Å². The highest BCUT2D eigenvalue weighted by atomic mass is 79.9. The number of nitrogens with zero attached hydrogens (tertiary/aromatic N) is 3. The quantitative estimate of drug-likeness (QED) is 0.819.